The van der Waals surface area contributed by atoms with E-state index in [2.05, 4.69) is 25.9 Å². The number of nitrogens with two attached hydrogens (primary N) is 1. The number of nitrogens with zero attached hydrogens (tertiary/aromatic N) is 2. The number of nitrogen functional groups attached to an aromatic ring is 1. The number of hydrogen-bond acceptors (Lipinski definition) is 7. The number of nitrogens with one attached hydrogen (secondary N) is 3. The van der Waals surface area contributed by atoms with Gasteiger partial charge in [-0.1, -0.05) is 6.07 Å². The Morgan fingerprint density at radius 2 is 2.27 bits per heavy atom. The summed E-state index contributed by atoms with van der Waals surface area (Å²) in [5, 5.41) is 8.62. The van der Waals surface area contributed by atoms with Gasteiger partial charge in [-0.05, 0) is 24.6 Å². The van der Waals surface area contributed by atoms with Gasteiger partial charge in [-0.25, -0.2) is 14.8 Å². The van der Waals surface area contributed by atoms with Crippen LogP contribution < -0.4 is 26.4 Å². The van der Waals surface area contributed by atoms with Crippen LogP contribution in [-0.4, -0.2) is 48.4 Å². The zero-order chi connectivity index (χ0) is 18.4. The van der Waals surface area contributed by atoms with Crippen molar-refractivity contribution < 1.29 is 14.3 Å². The van der Waals surface area contributed by atoms with Crippen molar-refractivity contribution in [2.45, 2.75) is 13.0 Å². The highest BCUT2D eigenvalue weighted by molar-refractivity contribution is 6.00. The second kappa shape index (κ2) is 8.45. The lowest BCUT2D eigenvalue weighted by Crippen LogP contribution is -2.41. The predicted octanol–water partition coefficient (Wildman–Crippen LogP) is 1.38. The van der Waals surface area contributed by atoms with Crippen molar-refractivity contribution in [3.63, 3.8) is 0 Å². The molecule has 0 aliphatic carbocycles. The van der Waals surface area contributed by atoms with Crippen LogP contribution in [0.15, 0.2) is 30.6 Å². The number of amides is 2. The molecule has 1 atom stereocenters. The van der Waals surface area contributed by atoms with E-state index in [0.29, 0.717) is 30.5 Å². The maximum Gasteiger partial charge on any atom is 0.324 e. The number of ether oxygens (including phenoxy) is 2. The largest absolute Gasteiger partial charge is 0.489 e. The maximum atomic E-state index is 12.2. The molecular formula is C17H22N6O3. The third-order valence-corrected chi connectivity index (χ3v) is 3.73. The average Bonchev–Trinajstić information content (AvgIpc) is 2.64. The zero-order valence-electron chi connectivity index (χ0n) is 14.5. The summed E-state index contributed by atoms with van der Waals surface area (Å²) in [6.07, 6.45) is 2.74. The van der Waals surface area contributed by atoms with Crippen molar-refractivity contribution in [3.8, 4) is 5.75 Å². The summed E-state index contributed by atoms with van der Waals surface area (Å²) in [6, 6.07) is 5.13. The Morgan fingerprint density at radius 3 is 3.00 bits per heavy atom. The third kappa shape index (κ3) is 5.04. The first kappa shape index (κ1) is 17.9. The molecule has 1 aliphatic rings. The van der Waals surface area contributed by atoms with Crippen LogP contribution in [0, 0.1) is 6.92 Å². The SMILES string of the molecule is Cc1ccc(OCC2CNCCO2)c(NC(=O)Nc2cnc(N)cn2)c1. The summed E-state index contributed by atoms with van der Waals surface area (Å²) in [5.74, 6) is 1.15. The molecule has 1 aromatic carbocycles. The number of hydrogen-bond donors (Lipinski definition) is 4. The van der Waals surface area contributed by atoms with Crippen molar-refractivity contribution in [2.24, 2.45) is 0 Å². The summed E-state index contributed by atoms with van der Waals surface area (Å²) in [7, 11) is 0. The highest BCUT2D eigenvalue weighted by atomic mass is 16.5. The maximum absolute atomic E-state index is 12.2. The van der Waals surface area contributed by atoms with E-state index in [-0.39, 0.29) is 11.9 Å². The number of urea groups is 1. The summed E-state index contributed by atoms with van der Waals surface area (Å²) in [5.41, 5.74) is 7.04. The molecule has 2 heterocycles. The van der Waals surface area contributed by atoms with Crippen LogP contribution in [0.5, 0.6) is 5.75 Å². The molecule has 0 radical (unpaired) electrons. The molecule has 0 bridgehead atoms. The Labute approximate surface area is 151 Å². The molecule has 1 aromatic heterocycles. The summed E-state index contributed by atoms with van der Waals surface area (Å²) >= 11 is 0. The van der Waals surface area contributed by atoms with Crippen molar-refractivity contribution >= 4 is 23.4 Å². The first-order valence-electron chi connectivity index (χ1n) is 8.31. The van der Waals surface area contributed by atoms with Crippen LogP contribution in [0.2, 0.25) is 0 Å². The fourth-order valence-electron chi connectivity index (χ4n) is 2.45. The van der Waals surface area contributed by atoms with Crippen molar-refractivity contribution in [1.82, 2.24) is 15.3 Å². The first-order valence-corrected chi connectivity index (χ1v) is 8.31. The Kier molecular flexibility index (Phi) is 5.82. The first-order chi connectivity index (χ1) is 12.6. The van der Waals surface area contributed by atoms with Gasteiger partial charge in [-0.3, -0.25) is 5.32 Å². The fourth-order valence-corrected chi connectivity index (χ4v) is 2.45. The number of anilines is 3. The minimum Gasteiger partial charge on any atom is -0.489 e. The molecule has 3 rings (SSSR count). The summed E-state index contributed by atoms with van der Waals surface area (Å²) in [6.45, 7) is 4.59. The number of carbonyl (C=O) groups is 1. The topological polar surface area (TPSA) is 123 Å². The molecule has 5 N–H and O–H groups in total. The van der Waals surface area contributed by atoms with E-state index in [0.717, 1.165) is 18.7 Å². The Balaban J connectivity index is 1.62. The van der Waals surface area contributed by atoms with E-state index in [4.69, 9.17) is 15.2 Å². The van der Waals surface area contributed by atoms with Gasteiger partial charge in [0.1, 0.15) is 24.3 Å². The number of aromatic nitrogens is 2. The van der Waals surface area contributed by atoms with E-state index >= 15 is 0 Å². The minimum absolute atomic E-state index is 0.0169. The van der Waals surface area contributed by atoms with Gasteiger partial charge in [-0.2, -0.15) is 0 Å². The van der Waals surface area contributed by atoms with Gasteiger partial charge >= 0.3 is 6.03 Å². The van der Waals surface area contributed by atoms with Crippen molar-refractivity contribution in [1.29, 1.82) is 0 Å². The number of carbonyl (C=O) groups excluding carboxylic acids is 1. The van der Waals surface area contributed by atoms with Crippen LogP contribution in [-0.2, 0) is 4.74 Å². The molecule has 0 saturated carbocycles. The van der Waals surface area contributed by atoms with Crippen molar-refractivity contribution in [2.75, 3.05) is 42.7 Å². The summed E-state index contributed by atoms with van der Waals surface area (Å²) in [4.78, 5) is 20.1. The smallest absolute Gasteiger partial charge is 0.324 e. The van der Waals surface area contributed by atoms with E-state index in [1.54, 1.807) is 0 Å². The molecule has 26 heavy (non-hydrogen) atoms. The number of benzene rings is 1. The van der Waals surface area contributed by atoms with E-state index < -0.39 is 6.03 Å². The molecule has 1 saturated heterocycles. The van der Waals surface area contributed by atoms with Gasteiger partial charge in [0.25, 0.3) is 0 Å². The fraction of sp³-hybridized carbons (Fsp3) is 0.353. The lowest BCUT2D eigenvalue weighted by molar-refractivity contribution is 0.000350. The normalized spacial score (nSPS) is 16.7. The lowest BCUT2D eigenvalue weighted by Gasteiger charge is -2.24. The van der Waals surface area contributed by atoms with Gasteiger partial charge in [0, 0.05) is 13.1 Å². The summed E-state index contributed by atoms with van der Waals surface area (Å²) < 4.78 is 11.5. The van der Waals surface area contributed by atoms with Gasteiger partial charge < -0.3 is 25.8 Å². The van der Waals surface area contributed by atoms with Crippen LogP contribution in [0.3, 0.4) is 0 Å². The van der Waals surface area contributed by atoms with Gasteiger partial charge in [0.05, 0.1) is 24.7 Å². The van der Waals surface area contributed by atoms with Crippen LogP contribution in [0.4, 0.5) is 22.1 Å². The number of morpholine rings is 1. The van der Waals surface area contributed by atoms with Gasteiger partial charge in [0.15, 0.2) is 5.82 Å². The van der Waals surface area contributed by atoms with Crippen LogP contribution in [0.25, 0.3) is 0 Å². The Morgan fingerprint density at radius 1 is 1.38 bits per heavy atom. The number of rotatable bonds is 5. The quantitative estimate of drug-likeness (QED) is 0.636. The molecule has 2 amide bonds. The Hall–Kier alpha value is -2.91. The molecular weight excluding hydrogens is 336 g/mol. The van der Waals surface area contributed by atoms with Gasteiger partial charge in [-0.15, -0.1) is 0 Å². The molecule has 9 nitrogen and oxygen atoms in total. The molecule has 1 fully saturated rings. The Bertz CT molecular complexity index is 747. The molecule has 9 heteroatoms. The second-order valence-electron chi connectivity index (χ2n) is 5.91. The highest BCUT2D eigenvalue weighted by Gasteiger charge is 2.16. The van der Waals surface area contributed by atoms with Crippen LogP contribution in [0.1, 0.15) is 5.56 Å². The zero-order valence-corrected chi connectivity index (χ0v) is 14.5. The molecule has 1 aliphatic heterocycles. The average molecular weight is 358 g/mol. The lowest BCUT2D eigenvalue weighted by atomic mass is 10.2. The van der Waals surface area contributed by atoms with Crippen LogP contribution >= 0.6 is 0 Å². The van der Waals surface area contributed by atoms with E-state index in [9.17, 15) is 4.79 Å². The minimum atomic E-state index is -0.449. The predicted molar refractivity (Wildman–Crippen MR) is 98.4 cm³/mol. The molecule has 138 valence electrons. The third-order valence-electron chi connectivity index (χ3n) is 3.73. The second-order valence-corrected chi connectivity index (χ2v) is 5.91. The highest BCUT2D eigenvalue weighted by Crippen LogP contribution is 2.26. The molecule has 2 aromatic rings. The number of aryl methyl sites for hydroxylation is 1. The monoisotopic (exact) mass is 358 g/mol. The standard InChI is InChI=1S/C17H22N6O3/c1-11-2-3-14(26-10-12-7-19-4-5-25-12)13(6-11)22-17(24)23-16-9-20-15(18)8-21-16/h2-3,6,8-9,12,19H,4-5,7,10H2,1H3,(H2,18,20)(H2,21,22,23,24). The van der Waals surface area contributed by atoms with Gasteiger partial charge in [0.2, 0.25) is 0 Å². The molecule has 1 unspecified atom stereocenters. The van der Waals surface area contributed by atoms with Crippen molar-refractivity contribution in [3.05, 3.63) is 36.2 Å². The molecule has 0 spiro atoms. The van der Waals surface area contributed by atoms with E-state index in [1.807, 2.05) is 25.1 Å². The van der Waals surface area contributed by atoms with E-state index in [1.165, 1.54) is 12.4 Å².